The summed E-state index contributed by atoms with van der Waals surface area (Å²) in [4.78, 5) is 20.0. The third-order valence-electron chi connectivity index (χ3n) is 4.46. The number of aromatic nitrogens is 4. The Labute approximate surface area is 162 Å². The summed E-state index contributed by atoms with van der Waals surface area (Å²) in [6.07, 6.45) is 1.33. The highest BCUT2D eigenvalue weighted by Crippen LogP contribution is 2.26. The number of aromatic amines is 1. The van der Waals surface area contributed by atoms with Crippen molar-refractivity contribution in [2.75, 3.05) is 10.6 Å². The maximum Gasteiger partial charge on any atom is 0.229 e. The molecule has 0 amide bonds. The highest BCUT2D eigenvalue weighted by molar-refractivity contribution is 5.91. The van der Waals surface area contributed by atoms with Gasteiger partial charge in [0.2, 0.25) is 5.95 Å². The fourth-order valence-electron chi connectivity index (χ4n) is 3.05. The molecule has 7 heteroatoms. The molecule has 0 fully saturated rings. The first-order valence-electron chi connectivity index (χ1n) is 8.98. The molecule has 2 aromatic carbocycles. The SMILES string of the molecule is Cc1cc(Nc2nc(Nc3ccc(CC=O)c(C)c3)nc3ccccc23)n[nH]1. The molecular weight excluding hydrogens is 352 g/mol. The van der Waals surface area contributed by atoms with E-state index >= 15 is 0 Å². The first-order valence-corrected chi connectivity index (χ1v) is 8.98. The normalized spacial score (nSPS) is 10.8. The molecule has 0 aliphatic rings. The Kier molecular flexibility index (Phi) is 4.72. The Balaban J connectivity index is 1.69. The van der Waals surface area contributed by atoms with Crippen molar-refractivity contribution in [1.82, 2.24) is 20.2 Å². The van der Waals surface area contributed by atoms with E-state index in [1.54, 1.807) is 0 Å². The maximum absolute atomic E-state index is 10.8. The van der Waals surface area contributed by atoms with Gasteiger partial charge in [-0.2, -0.15) is 10.1 Å². The van der Waals surface area contributed by atoms with Crippen molar-refractivity contribution in [3.05, 3.63) is 65.4 Å². The van der Waals surface area contributed by atoms with Gasteiger partial charge in [-0.3, -0.25) is 5.10 Å². The molecule has 4 rings (SSSR count). The summed E-state index contributed by atoms with van der Waals surface area (Å²) in [5.74, 6) is 1.85. The monoisotopic (exact) mass is 372 g/mol. The topological polar surface area (TPSA) is 95.6 Å². The minimum atomic E-state index is 0.412. The molecule has 7 nitrogen and oxygen atoms in total. The van der Waals surface area contributed by atoms with Crippen LogP contribution >= 0.6 is 0 Å². The smallest absolute Gasteiger partial charge is 0.229 e. The summed E-state index contributed by atoms with van der Waals surface area (Å²) >= 11 is 0. The number of fused-ring (bicyclic) bond motifs is 1. The minimum absolute atomic E-state index is 0.412. The number of para-hydroxylation sites is 1. The number of benzene rings is 2. The summed E-state index contributed by atoms with van der Waals surface area (Å²) in [5, 5.41) is 14.6. The lowest BCUT2D eigenvalue weighted by atomic mass is 10.1. The predicted molar refractivity (Wildman–Crippen MR) is 110 cm³/mol. The van der Waals surface area contributed by atoms with Crippen LogP contribution in [0.25, 0.3) is 10.9 Å². The molecule has 4 aromatic rings. The molecular formula is C21H20N6O. The molecule has 0 aliphatic carbocycles. The molecule has 0 atom stereocenters. The van der Waals surface area contributed by atoms with E-state index < -0.39 is 0 Å². The second-order valence-electron chi connectivity index (χ2n) is 6.61. The van der Waals surface area contributed by atoms with Crippen molar-refractivity contribution in [2.24, 2.45) is 0 Å². The molecule has 0 aliphatic heterocycles. The van der Waals surface area contributed by atoms with Crippen LogP contribution in [0.3, 0.4) is 0 Å². The number of anilines is 4. The third kappa shape index (κ3) is 3.68. The average Bonchev–Trinajstić information content (AvgIpc) is 3.09. The fraction of sp³-hybridized carbons (Fsp3) is 0.143. The van der Waals surface area contributed by atoms with Gasteiger partial charge >= 0.3 is 0 Å². The van der Waals surface area contributed by atoms with Crippen LogP contribution in [0.4, 0.5) is 23.3 Å². The highest BCUT2D eigenvalue weighted by Gasteiger charge is 2.10. The van der Waals surface area contributed by atoms with Crippen molar-refractivity contribution in [2.45, 2.75) is 20.3 Å². The molecule has 140 valence electrons. The van der Waals surface area contributed by atoms with Gasteiger partial charge in [-0.15, -0.1) is 0 Å². The largest absolute Gasteiger partial charge is 0.324 e. The molecule has 28 heavy (non-hydrogen) atoms. The number of nitrogens with zero attached hydrogens (tertiary/aromatic N) is 3. The number of carbonyl (C=O) groups excluding carboxylic acids is 1. The molecule has 0 unspecified atom stereocenters. The van der Waals surface area contributed by atoms with E-state index in [9.17, 15) is 4.79 Å². The van der Waals surface area contributed by atoms with Gasteiger partial charge in [0.25, 0.3) is 0 Å². The number of rotatable bonds is 6. The number of carbonyl (C=O) groups is 1. The Morgan fingerprint density at radius 2 is 1.89 bits per heavy atom. The molecule has 0 bridgehead atoms. The number of hydrogen-bond acceptors (Lipinski definition) is 6. The van der Waals surface area contributed by atoms with Gasteiger partial charge < -0.3 is 15.4 Å². The quantitative estimate of drug-likeness (QED) is 0.439. The van der Waals surface area contributed by atoms with Gasteiger partial charge in [0.05, 0.1) is 5.52 Å². The highest BCUT2D eigenvalue weighted by atomic mass is 16.1. The Morgan fingerprint density at radius 3 is 2.64 bits per heavy atom. The van der Waals surface area contributed by atoms with Crippen molar-refractivity contribution in [3.63, 3.8) is 0 Å². The fourth-order valence-corrected chi connectivity index (χ4v) is 3.05. The number of hydrogen-bond donors (Lipinski definition) is 3. The van der Waals surface area contributed by atoms with Crippen LogP contribution < -0.4 is 10.6 Å². The van der Waals surface area contributed by atoms with Crippen LogP contribution in [0, 0.1) is 13.8 Å². The van der Waals surface area contributed by atoms with E-state index in [2.05, 4.69) is 30.8 Å². The average molecular weight is 372 g/mol. The van der Waals surface area contributed by atoms with Crippen LogP contribution in [0.2, 0.25) is 0 Å². The van der Waals surface area contributed by atoms with Crippen molar-refractivity contribution >= 4 is 40.5 Å². The Morgan fingerprint density at radius 1 is 1.04 bits per heavy atom. The first kappa shape index (κ1) is 17.7. The van der Waals surface area contributed by atoms with Crippen LogP contribution in [0.5, 0.6) is 0 Å². The molecule has 0 radical (unpaired) electrons. The van der Waals surface area contributed by atoms with Crippen molar-refractivity contribution < 1.29 is 4.79 Å². The van der Waals surface area contributed by atoms with Gasteiger partial charge in [0, 0.05) is 29.3 Å². The van der Waals surface area contributed by atoms with Crippen molar-refractivity contribution in [3.8, 4) is 0 Å². The van der Waals surface area contributed by atoms with Crippen LogP contribution in [0.1, 0.15) is 16.8 Å². The minimum Gasteiger partial charge on any atom is -0.324 e. The molecule has 2 heterocycles. The molecule has 0 saturated carbocycles. The zero-order chi connectivity index (χ0) is 19.5. The molecule has 0 saturated heterocycles. The van der Waals surface area contributed by atoms with Crippen LogP contribution in [-0.4, -0.2) is 26.5 Å². The summed E-state index contributed by atoms with van der Waals surface area (Å²) in [5.41, 5.74) is 4.71. The van der Waals surface area contributed by atoms with Crippen molar-refractivity contribution in [1.29, 1.82) is 0 Å². The molecule has 0 spiro atoms. The van der Waals surface area contributed by atoms with Gasteiger partial charge in [-0.25, -0.2) is 4.98 Å². The van der Waals surface area contributed by atoms with Gasteiger partial charge in [0.1, 0.15) is 12.1 Å². The number of nitrogens with one attached hydrogen (secondary N) is 3. The summed E-state index contributed by atoms with van der Waals surface area (Å²) in [6, 6.07) is 15.6. The lowest BCUT2D eigenvalue weighted by molar-refractivity contribution is -0.107. The van der Waals surface area contributed by atoms with E-state index in [1.807, 2.05) is 62.4 Å². The molecule has 2 aromatic heterocycles. The van der Waals surface area contributed by atoms with Crippen LogP contribution in [0.15, 0.2) is 48.5 Å². The third-order valence-corrected chi connectivity index (χ3v) is 4.46. The lowest BCUT2D eigenvalue weighted by Gasteiger charge is -2.12. The van der Waals surface area contributed by atoms with Gasteiger partial charge in [0.15, 0.2) is 5.82 Å². The second kappa shape index (κ2) is 7.48. The standard InChI is InChI=1S/C21H20N6O/c1-13-11-16(8-7-15(13)9-10-28)22-21-23-18-6-4-3-5-17(18)20(25-21)24-19-12-14(2)26-27-19/h3-8,10-12H,9H2,1-2H3,(H3,22,23,24,25,26,27). The maximum atomic E-state index is 10.8. The summed E-state index contributed by atoms with van der Waals surface area (Å²) in [6.45, 7) is 3.93. The first-order chi connectivity index (χ1) is 13.6. The number of aryl methyl sites for hydroxylation is 2. The van der Waals surface area contributed by atoms with E-state index in [4.69, 9.17) is 0 Å². The zero-order valence-corrected chi connectivity index (χ0v) is 15.7. The van der Waals surface area contributed by atoms with E-state index in [0.717, 1.165) is 39.7 Å². The van der Waals surface area contributed by atoms with E-state index in [1.165, 1.54) is 0 Å². The predicted octanol–water partition coefficient (Wildman–Crippen LogP) is 4.20. The summed E-state index contributed by atoms with van der Waals surface area (Å²) < 4.78 is 0. The number of H-pyrrole nitrogens is 1. The zero-order valence-electron chi connectivity index (χ0n) is 15.7. The van der Waals surface area contributed by atoms with E-state index in [-0.39, 0.29) is 0 Å². The second-order valence-corrected chi connectivity index (χ2v) is 6.61. The summed E-state index contributed by atoms with van der Waals surface area (Å²) in [7, 11) is 0. The van der Waals surface area contributed by atoms with E-state index in [0.29, 0.717) is 24.0 Å². The Bertz CT molecular complexity index is 1150. The van der Waals surface area contributed by atoms with Gasteiger partial charge in [-0.05, 0) is 49.2 Å². The van der Waals surface area contributed by atoms with Gasteiger partial charge in [-0.1, -0.05) is 18.2 Å². The number of aldehydes is 1. The lowest BCUT2D eigenvalue weighted by Crippen LogP contribution is -2.03. The van der Waals surface area contributed by atoms with Crippen LogP contribution in [-0.2, 0) is 11.2 Å². The Hall–Kier alpha value is -3.74. The molecule has 3 N–H and O–H groups in total.